The summed E-state index contributed by atoms with van der Waals surface area (Å²) in [6.07, 6.45) is 3.05. The molecule has 1 aliphatic rings. The monoisotopic (exact) mass is 326 g/mol. The first-order chi connectivity index (χ1) is 9.92. The highest BCUT2D eigenvalue weighted by atomic mass is 32.2. The van der Waals surface area contributed by atoms with E-state index in [1.807, 2.05) is 12.1 Å². The molecule has 2 rings (SSSR count). The third kappa shape index (κ3) is 4.23. The van der Waals surface area contributed by atoms with E-state index in [2.05, 4.69) is 30.5 Å². The van der Waals surface area contributed by atoms with Crippen LogP contribution in [0.5, 0.6) is 0 Å². The van der Waals surface area contributed by atoms with Gasteiger partial charge in [-0.1, -0.05) is 45.0 Å². The van der Waals surface area contributed by atoms with Gasteiger partial charge in [-0.25, -0.2) is 0 Å². The van der Waals surface area contributed by atoms with Crippen molar-refractivity contribution >= 4 is 32.6 Å². The third-order valence-corrected chi connectivity index (χ3v) is 5.87. The molecule has 21 heavy (non-hydrogen) atoms. The summed E-state index contributed by atoms with van der Waals surface area (Å²) in [5.41, 5.74) is 1.69. The maximum Gasteiger partial charge on any atom is 0.286 e. The Morgan fingerprint density at radius 1 is 1.33 bits per heavy atom. The highest BCUT2D eigenvalue weighted by Gasteiger charge is 2.25. The molecule has 1 N–H and O–H groups in total. The van der Waals surface area contributed by atoms with Gasteiger partial charge in [0.15, 0.2) is 5.17 Å². The van der Waals surface area contributed by atoms with E-state index in [0.29, 0.717) is 21.7 Å². The van der Waals surface area contributed by atoms with Crippen molar-refractivity contribution in [3.05, 3.63) is 23.8 Å². The Morgan fingerprint density at radius 3 is 2.76 bits per heavy atom. The van der Waals surface area contributed by atoms with Crippen LogP contribution in [0.2, 0.25) is 0 Å². The molecule has 0 radical (unpaired) electrons. The molecule has 0 bridgehead atoms. The molecule has 0 atom stereocenters. The Kier molecular flexibility index (Phi) is 5.32. The number of aryl methyl sites for hydroxylation is 1. The number of sulfonamides is 1. The molecule has 1 heterocycles. The van der Waals surface area contributed by atoms with Crippen LogP contribution in [0.4, 0.5) is 5.69 Å². The van der Waals surface area contributed by atoms with Crippen molar-refractivity contribution in [2.75, 3.05) is 11.1 Å². The van der Waals surface area contributed by atoms with Gasteiger partial charge < -0.3 is 5.32 Å². The van der Waals surface area contributed by atoms with Gasteiger partial charge in [0.2, 0.25) is 0 Å². The van der Waals surface area contributed by atoms with E-state index >= 15 is 0 Å². The molecule has 0 amide bonds. The molecule has 4 nitrogen and oxygen atoms in total. The molecule has 0 aliphatic carbocycles. The third-order valence-electron chi connectivity index (χ3n) is 3.14. The summed E-state index contributed by atoms with van der Waals surface area (Å²) in [5, 5.41) is 3.59. The Bertz CT molecular complexity index is 637. The number of anilines is 1. The summed E-state index contributed by atoms with van der Waals surface area (Å²) in [7, 11) is -3.58. The zero-order valence-corrected chi connectivity index (χ0v) is 14.4. The zero-order valence-electron chi connectivity index (χ0n) is 12.7. The fourth-order valence-corrected chi connectivity index (χ4v) is 4.26. The van der Waals surface area contributed by atoms with Gasteiger partial charge >= 0.3 is 0 Å². The lowest BCUT2D eigenvalue weighted by Crippen LogP contribution is -2.20. The first-order valence-corrected chi connectivity index (χ1v) is 9.72. The van der Waals surface area contributed by atoms with Crippen molar-refractivity contribution in [3.63, 3.8) is 0 Å². The normalized spacial score (nSPS) is 16.3. The van der Waals surface area contributed by atoms with Crippen molar-refractivity contribution in [2.24, 2.45) is 10.3 Å². The Labute approximate surface area is 131 Å². The molecule has 0 aromatic heterocycles. The fraction of sp³-hybridized carbons (Fsp3) is 0.533. The average Bonchev–Trinajstić information content (AvgIpc) is 2.42. The predicted molar refractivity (Wildman–Crippen MR) is 90.6 cm³/mol. The van der Waals surface area contributed by atoms with Gasteiger partial charge in [0.05, 0.1) is 5.69 Å². The molecule has 116 valence electrons. The maximum absolute atomic E-state index is 12.3. The van der Waals surface area contributed by atoms with Crippen LogP contribution in [-0.4, -0.2) is 19.3 Å². The van der Waals surface area contributed by atoms with E-state index in [9.17, 15) is 8.42 Å². The molecule has 0 saturated heterocycles. The quantitative estimate of drug-likeness (QED) is 0.892. The van der Waals surface area contributed by atoms with E-state index in [1.165, 1.54) is 11.8 Å². The molecule has 1 aromatic carbocycles. The van der Waals surface area contributed by atoms with Gasteiger partial charge in [-0.2, -0.15) is 8.42 Å². The van der Waals surface area contributed by atoms with E-state index in [1.54, 1.807) is 6.07 Å². The second kappa shape index (κ2) is 6.83. The summed E-state index contributed by atoms with van der Waals surface area (Å²) in [6.45, 7) is 6.32. The zero-order chi connectivity index (χ0) is 15.5. The van der Waals surface area contributed by atoms with Crippen LogP contribution in [0.25, 0.3) is 0 Å². The number of nitrogens with one attached hydrogen (secondary N) is 1. The number of unbranched alkanes of at least 4 members (excludes halogenated alkanes) is 1. The van der Waals surface area contributed by atoms with Crippen molar-refractivity contribution in [2.45, 2.75) is 44.9 Å². The largest absolute Gasteiger partial charge is 0.333 e. The minimum Gasteiger partial charge on any atom is -0.333 e. The molecule has 1 aliphatic heterocycles. The second-order valence-electron chi connectivity index (χ2n) is 5.64. The molecule has 0 unspecified atom stereocenters. The van der Waals surface area contributed by atoms with Gasteiger partial charge in [0.1, 0.15) is 4.90 Å². The van der Waals surface area contributed by atoms with Gasteiger partial charge in [0, 0.05) is 5.75 Å². The van der Waals surface area contributed by atoms with Crippen molar-refractivity contribution in [1.82, 2.24) is 0 Å². The van der Waals surface area contributed by atoms with E-state index in [4.69, 9.17) is 0 Å². The average molecular weight is 326 g/mol. The van der Waals surface area contributed by atoms with Crippen LogP contribution in [0.1, 0.15) is 39.2 Å². The minimum absolute atomic E-state index is 0.296. The van der Waals surface area contributed by atoms with E-state index in [0.717, 1.165) is 30.6 Å². The number of thioether (sulfide) groups is 1. The summed E-state index contributed by atoms with van der Waals surface area (Å²) in [4.78, 5) is 0.296. The Balaban J connectivity index is 2.24. The Hall–Kier alpha value is -1.01. The van der Waals surface area contributed by atoms with Crippen LogP contribution in [0.3, 0.4) is 0 Å². The van der Waals surface area contributed by atoms with Crippen LogP contribution in [0, 0.1) is 5.92 Å². The summed E-state index contributed by atoms with van der Waals surface area (Å²) in [5.74, 6) is 1.32. The number of fused-ring (bicyclic) bond motifs is 1. The molecule has 0 fully saturated rings. The van der Waals surface area contributed by atoms with Gasteiger partial charge in [0.25, 0.3) is 10.0 Å². The SMILES string of the molecule is CCCCc1ccc2c(c1)S(=O)(=O)N=C(SCC(C)C)N2. The van der Waals surface area contributed by atoms with Gasteiger partial charge in [-0.3, -0.25) is 0 Å². The maximum atomic E-state index is 12.3. The topological polar surface area (TPSA) is 58.5 Å². The van der Waals surface area contributed by atoms with Crippen molar-refractivity contribution in [1.29, 1.82) is 0 Å². The van der Waals surface area contributed by atoms with Crippen LogP contribution >= 0.6 is 11.8 Å². The number of hydrogen-bond acceptors (Lipinski definition) is 4. The van der Waals surface area contributed by atoms with Crippen molar-refractivity contribution < 1.29 is 8.42 Å². The lowest BCUT2D eigenvalue weighted by atomic mass is 10.1. The lowest BCUT2D eigenvalue weighted by molar-refractivity contribution is 0.597. The first-order valence-electron chi connectivity index (χ1n) is 7.30. The minimum atomic E-state index is -3.58. The van der Waals surface area contributed by atoms with Crippen LogP contribution in [0.15, 0.2) is 27.5 Å². The number of amidine groups is 1. The first kappa shape index (κ1) is 16.4. The highest BCUT2D eigenvalue weighted by Crippen LogP contribution is 2.31. The van der Waals surface area contributed by atoms with E-state index in [-0.39, 0.29) is 0 Å². The second-order valence-corrected chi connectivity index (χ2v) is 8.22. The number of hydrogen-bond donors (Lipinski definition) is 1. The standard InChI is InChI=1S/C15H22N2O2S2/c1-4-5-6-12-7-8-13-14(9-12)21(18,19)17-15(16-13)20-10-11(2)3/h7-9,11H,4-6,10H2,1-3H3,(H,16,17). The number of benzene rings is 1. The number of nitrogens with zero attached hydrogens (tertiary/aromatic N) is 1. The lowest BCUT2D eigenvalue weighted by Gasteiger charge is -2.19. The smallest absolute Gasteiger partial charge is 0.286 e. The van der Waals surface area contributed by atoms with E-state index < -0.39 is 10.0 Å². The van der Waals surface area contributed by atoms with Crippen LogP contribution in [-0.2, 0) is 16.4 Å². The fourth-order valence-electron chi connectivity index (χ4n) is 2.02. The molecular formula is C15H22N2O2S2. The summed E-state index contributed by atoms with van der Waals surface area (Å²) >= 11 is 1.45. The summed E-state index contributed by atoms with van der Waals surface area (Å²) in [6, 6.07) is 5.59. The molecule has 0 spiro atoms. The van der Waals surface area contributed by atoms with Gasteiger partial charge in [-0.05, 0) is 36.5 Å². The predicted octanol–water partition coefficient (Wildman–Crippen LogP) is 3.89. The summed E-state index contributed by atoms with van der Waals surface area (Å²) < 4.78 is 28.5. The Morgan fingerprint density at radius 2 is 2.10 bits per heavy atom. The molecule has 6 heteroatoms. The molecule has 0 saturated carbocycles. The van der Waals surface area contributed by atoms with Crippen LogP contribution < -0.4 is 5.32 Å². The highest BCUT2D eigenvalue weighted by molar-refractivity contribution is 8.14. The molecule has 1 aromatic rings. The number of rotatable bonds is 5. The van der Waals surface area contributed by atoms with Gasteiger partial charge in [-0.15, -0.1) is 4.40 Å². The van der Waals surface area contributed by atoms with Crippen molar-refractivity contribution in [3.8, 4) is 0 Å². The molecular weight excluding hydrogens is 304 g/mol.